The Hall–Kier alpha value is -1.77. The van der Waals surface area contributed by atoms with Gasteiger partial charge in [0.15, 0.2) is 0 Å². The summed E-state index contributed by atoms with van der Waals surface area (Å²) in [7, 11) is 0. The van der Waals surface area contributed by atoms with Gasteiger partial charge in [0.1, 0.15) is 10.9 Å². The second-order valence-corrected chi connectivity index (χ2v) is 7.39. The zero-order valence-corrected chi connectivity index (χ0v) is 14.1. The van der Waals surface area contributed by atoms with E-state index in [1.165, 1.54) is 24.2 Å². The molecule has 1 amide bonds. The van der Waals surface area contributed by atoms with Crippen LogP contribution in [0.15, 0.2) is 22.6 Å². The smallest absolute Gasteiger partial charge is 0.262 e. The lowest BCUT2D eigenvalue weighted by Crippen LogP contribution is -2.46. The van der Waals surface area contributed by atoms with Crippen LogP contribution in [0.1, 0.15) is 25.7 Å². The molecule has 0 radical (unpaired) electrons. The Morgan fingerprint density at radius 2 is 2.25 bits per heavy atom. The van der Waals surface area contributed by atoms with Crippen molar-refractivity contribution < 1.29 is 4.79 Å². The summed E-state index contributed by atoms with van der Waals surface area (Å²) in [5.41, 5.74) is 6.33. The fourth-order valence-electron chi connectivity index (χ4n) is 3.76. The standard InChI is InChI=1S/C16H21N5O2S/c22-14(13-10-3-1-2-4-12(10)19-20-13)17-6-7-21-9-18-15-11(16(21)23)5-8-24-15/h5,8-10,12-13,19-20H,1-4,6-7H2,(H,17,22). The van der Waals surface area contributed by atoms with Crippen LogP contribution < -0.4 is 21.7 Å². The average molecular weight is 347 g/mol. The predicted octanol–water partition coefficient (Wildman–Crippen LogP) is 0.609. The van der Waals surface area contributed by atoms with Crippen molar-refractivity contribution in [3.8, 4) is 0 Å². The second-order valence-electron chi connectivity index (χ2n) is 6.49. The van der Waals surface area contributed by atoms with E-state index in [4.69, 9.17) is 0 Å². The molecule has 8 heteroatoms. The van der Waals surface area contributed by atoms with E-state index in [1.807, 2.05) is 5.38 Å². The van der Waals surface area contributed by atoms with E-state index < -0.39 is 0 Å². The van der Waals surface area contributed by atoms with Crippen molar-refractivity contribution >= 4 is 27.5 Å². The molecule has 2 fully saturated rings. The van der Waals surface area contributed by atoms with Gasteiger partial charge in [0.25, 0.3) is 5.56 Å². The summed E-state index contributed by atoms with van der Waals surface area (Å²) in [4.78, 5) is 29.8. The molecule has 2 aromatic heterocycles. The molecule has 0 bridgehead atoms. The molecule has 3 atom stereocenters. The number of rotatable bonds is 4. The van der Waals surface area contributed by atoms with Crippen molar-refractivity contribution in [2.75, 3.05) is 6.54 Å². The fraction of sp³-hybridized carbons (Fsp3) is 0.562. The van der Waals surface area contributed by atoms with Crippen molar-refractivity contribution in [1.29, 1.82) is 0 Å². The highest BCUT2D eigenvalue weighted by atomic mass is 32.1. The van der Waals surface area contributed by atoms with Crippen molar-refractivity contribution in [3.63, 3.8) is 0 Å². The largest absolute Gasteiger partial charge is 0.353 e. The lowest BCUT2D eigenvalue weighted by atomic mass is 9.81. The van der Waals surface area contributed by atoms with Gasteiger partial charge in [-0.05, 0) is 24.3 Å². The van der Waals surface area contributed by atoms with Gasteiger partial charge in [-0.15, -0.1) is 11.3 Å². The number of carbonyl (C=O) groups excluding carboxylic acids is 1. The third-order valence-electron chi connectivity index (χ3n) is 5.06. The van der Waals surface area contributed by atoms with Crippen molar-refractivity contribution in [3.05, 3.63) is 28.1 Å². The minimum Gasteiger partial charge on any atom is -0.353 e. The third kappa shape index (κ3) is 2.85. The molecule has 4 rings (SSSR count). The molecular weight excluding hydrogens is 326 g/mol. The molecular formula is C16H21N5O2S. The summed E-state index contributed by atoms with van der Waals surface area (Å²) in [6.45, 7) is 0.850. The number of hydrogen-bond acceptors (Lipinski definition) is 6. The first kappa shape index (κ1) is 15.7. The number of hydrazine groups is 1. The Bertz CT molecular complexity index is 801. The first-order valence-corrected chi connectivity index (χ1v) is 9.33. The maximum atomic E-state index is 12.4. The highest BCUT2D eigenvalue weighted by Gasteiger charge is 2.40. The first-order valence-electron chi connectivity index (χ1n) is 8.45. The van der Waals surface area contributed by atoms with Crippen LogP contribution >= 0.6 is 11.3 Å². The van der Waals surface area contributed by atoms with E-state index in [9.17, 15) is 9.59 Å². The summed E-state index contributed by atoms with van der Waals surface area (Å²) in [6, 6.07) is 2.02. The molecule has 128 valence electrons. The van der Waals surface area contributed by atoms with E-state index >= 15 is 0 Å². The van der Waals surface area contributed by atoms with Crippen molar-refractivity contribution in [2.24, 2.45) is 5.92 Å². The van der Waals surface area contributed by atoms with Gasteiger partial charge in [0, 0.05) is 25.0 Å². The number of amides is 1. The number of aromatic nitrogens is 2. The molecule has 1 aliphatic carbocycles. The topological polar surface area (TPSA) is 88.0 Å². The van der Waals surface area contributed by atoms with E-state index in [1.54, 1.807) is 17.0 Å². The van der Waals surface area contributed by atoms with Crippen LogP contribution in [0.3, 0.4) is 0 Å². The summed E-state index contributed by atoms with van der Waals surface area (Å²) >= 11 is 1.46. The van der Waals surface area contributed by atoms with Gasteiger partial charge in [-0.2, -0.15) is 0 Å². The number of hydrogen-bond donors (Lipinski definition) is 3. The van der Waals surface area contributed by atoms with Crippen molar-refractivity contribution in [1.82, 2.24) is 25.7 Å². The number of carbonyl (C=O) groups is 1. The maximum absolute atomic E-state index is 12.4. The number of fused-ring (bicyclic) bond motifs is 2. The lowest BCUT2D eigenvalue weighted by molar-refractivity contribution is -0.124. The zero-order valence-electron chi connectivity index (χ0n) is 13.3. The summed E-state index contributed by atoms with van der Waals surface area (Å²) in [5.74, 6) is 0.375. The van der Waals surface area contributed by atoms with Crippen LogP contribution in [0.25, 0.3) is 10.2 Å². The van der Waals surface area contributed by atoms with E-state index in [0.717, 1.165) is 17.7 Å². The van der Waals surface area contributed by atoms with Gasteiger partial charge in [0.2, 0.25) is 5.91 Å². The normalized spacial score (nSPS) is 26.4. The Balaban J connectivity index is 1.35. The van der Waals surface area contributed by atoms with E-state index in [2.05, 4.69) is 21.2 Å². The highest BCUT2D eigenvalue weighted by Crippen LogP contribution is 2.30. The van der Waals surface area contributed by atoms with E-state index in [-0.39, 0.29) is 17.5 Å². The molecule has 0 spiro atoms. The summed E-state index contributed by atoms with van der Waals surface area (Å²) in [5, 5.41) is 5.45. The van der Waals surface area contributed by atoms with Crippen molar-refractivity contribution in [2.45, 2.75) is 44.3 Å². The number of thiophene rings is 1. The summed E-state index contributed by atoms with van der Waals surface area (Å²) < 4.78 is 1.55. The average Bonchev–Trinajstić information content (AvgIpc) is 3.23. The van der Waals surface area contributed by atoms with Crippen LogP contribution in [-0.4, -0.2) is 34.1 Å². The monoisotopic (exact) mass is 347 g/mol. The molecule has 24 heavy (non-hydrogen) atoms. The highest BCUT2D eigenvalue weighted by molar-refractivity contribution is 7.16. The molecule has 3 unspecified atom stereocenters. The quantitative estimate of drug-likeness (QED) is 0.754. The molecule has 0 aromatic carbocycles. The van der Waals surface area contributed by atoms with E-state index in [0.29, 0.717) is 30.4 Å². The molecule has 7 nitrogen and oxygen atoms in total. The van der Waals surface area contributed by atoms with Crippen LogP contribution in [0.4, 0.5) is 0 Å². The van der Waals surface area contributed by atoms with Gasteiger partial charge in [0.05, 0.1) is 11.7 Å². The van der Waals surface area contributed by atoms with Crippen LogP contribution in [0.5, 0.6) is 0 Å². The minimum atomic E-state index is -0.176. The Morgan fingerprint density at radius 1 is 1.38 bits per heavy atom. The fourth-order valence-corrected chi connectivity index (χ4v) is 4.49. The Morgan fingerprint density at radius 3 is 3.17 bits per heavy atom. The Labute approximate surface area is 143 Å². The van der Waals surface area contributed by atoms with Gasteiger partial charge < -0.3 is 5.32 Å². The van der Waals surface area contributed by atoms with Gasteiger partial charge in [-0.3, -0.25) is 19.6 Å². The lowest BCUT2D eigenvalue weighted by Gasteiger charge is -2.26. The second kappa shape index (κ2) is 6.62. The Kier molecular flexibility index (Phi) is 4.34. The number of nitrogens with zero attached hydrogens (tertiary/aromatic N) is 2. The SMILES string of the molecule is O=C(NCCn1cnc2sccc2c1=O)C1NNC2CCCCC21. The first-order chi connectivity index (χ1) is 11.7. The van der Waals surface area contributed by atoms with Gasteiger partial charge >= 0.3 is 0 Å². The van der Waals surface area contributed by atoms with Crippen LogP contribution in [-0.2, 0) is 11.3 Å². The van der Waals surface area contributed by atoms with Gasteiger partial charge in [-0.25, -0.2) is 10.4 Å². The molecule has 1 saturated heterocycles. The molecule has 2 aliphatic rings. The molecule has 3 N–H and O–H groups in total. The van der Waals surface area contributed by atoms with Crippen LogP contribution in [0.2, 0.25) is 0 Å². The third-order valence-corrected chi connectivity index (χ3v) is 5.88. The molecule has 2 aromatic rings. The number of nitrogens with one attached hydrogen (secondary N) is 3. The maximum Gasteiger partial charge on any atom is 0.262 e. The molecule has 1 saturated carbocycles. The van der Waals surface area contributed by atoms with Crippen LogP contribution in [0, 0.1) is 5.92 Å². The molecule has 3 heterocycles. The van der Waals surface area contributed by atoms with Gasteiger partial charge in [-0.1, -0.05) is 12.8 Å². The predicted molar refractivity (Wildman–Crippen MR) is 92.7 cm³/mol. The minimum absolute atomic E-state index is 0.00881. The molecule has 1 aliphatic heterocycles. The zero-order chi connectivity index (χ0) is 16.5. The summed E-state index contributed by atoms with van der Waals surface area (Å²) in [6.07, 6.45) is 6.19.